The van der Waals surface area contributed by atoms with Crippen LogP contribution in [0, 0.1) is 5.92 Å². The molecule has 0 unspecified atom stereocenters. The molecule has 2 heterocycles. The first-order chi connectivity index (χ1) is 6.95. The highest BCUT2D eigenvalue weighted by Crippen LogP contribution is 2.31. The van der Waals surface area contributed by atoms with Crippen LogP contribution >= 0.6 is 0 Å². The molecular formula is C12H16N2. The van der Waals surface area contributed by atoms with E-state index in [1.54, 1.807) is 0 Å². The molecule has 0 bridgehead atoms. The second-order valence-electron chi connectivity index (χ2n) is 4.30. The predicted molar refractivity (Wildman–Crippen MR) is 58.6 cm³/mol. The first-order valence-corrected chi connectivity index (χ1v) is 5.47. The molecule has 0 aliphatic carbocycles. The quantitative estimate of drug-likeness (QED) is 0.718. The summed E-state index contributed by atoms with van der Waals surface area (Å²) in [5.74, 6) is 0.884. The fourth-order valence-electron chi connectivity index (χ4n) is 2.79. The van der Waals surface area contributed by atoms with Gasteiger partial charge in [-0.25, -0.2) is 0 Å². The van der Waals surface area contributed by atoms with Gasteiger partial charge in [-0.1, -0.05) is 18.2 Å². The average Bonchev–Trinajstić information content (AvgIpc) is 2.79. The van der Waals surface area contributed by atoms with Crippen molar-refractivity contribution >= 4 is 5.69 Å². The zero-order valence-corrected chi connectivity index (χ0v) is 8.32. The molecule has 0 saturated carbocycles. The van der Waals surface area contributed by atoms with Gasteiger partial charge in [-0.15, -0.1) is 0 Å². The molecule has 1 N–H and O–H groups in total. The number of anilines is 1. The Morgan fingerprint density at radius 1 is 1.14 bits per heavy atom. The molecule has 0 aromatic heterocycles. The maximum absolute atomic E-state index is 3.48. The molecule has 14 heavy (non-hydrogen) atoms. The van der Waals surface area contributed by atoms with Crippen LogP contribution in [0.1, 0.15) is 6.42 Å². The Morgan fingerprint density at radius 3 is 2.86 bits per heavy atom. The summed E-state index contributed by atoms with van der Waals surface area (Å²) in [5, 5.41) is 3.48. The van der Waals surface area contributed by atoms with E-state index < -0.39 is 0 Å². The molecule has 0 spiro atoms. The number of nitrogens with one attached hydrogen (secondary N) is 1. The summed E-state index contributed by atoms with van der Waals surface area (Å²) in [4.78, 5) is 2.56. The van der Waals surface area contributed by atoms with Gasteiger partial charge in [0.05, 0.1) is 0 Å². The van der Waals surface area contributed by atoms with Crippen LogP contribution < -0.4 is 10.2 Å². The highest BCUT2D eigenvalue weighted by molar-refractivity contribution is 5.48. The maximum atomic E-state index is 3.48. The third-order valence-electron chi connectivity index (χ3n) is 3.53. The summed E-state index contributed by atoms with van der Waals surface area (Å²) < 4.78 is 0. The number of fused-ring (bicyclic) bond motifs is 1. The second-order valence-corrected chi connectivity index (χ2v) is 4.30. The molecule has 74 valence electrons. The van der Waals surface area contributed by atoms with E-state index >= 15 is 0 Å². The Bertz CT molecular complexity index is 309. The van der Waals surface area contributed by atoms with Gasteiger partial charge < -0.3 is 10.2 Å². The number of nitrogens with zero attached hydrogens (tertiary/aromatic N) is 1. The van der Waals surface area contributed by atoms with Crippen molar-refractivity contribution in [3.63, 3.8) is 0 Å². The smallest absolute Gasteiger partial charge is 0.0455 e. The van der Waals surface area contributed by atoms with Crippen molar-refractivity contribution < 1.29 is 0 Å². The summed E-state index contributed by atoms with van der Waals surface area (Å²) >= 11 is 0. The Labute approximate surface area is 84.9 Å². The minimum atomic E-state index is 0.748. The molecule has 3 rings (SSSR count). The van der Waals surface area contributed by atoms with Crippen molar-refractivity contribution in [3.8, 4) is 0 Å². The lowest BCUT2D eigenvalue weighted by molar-refractivity contribution is 0.579. The van der Waals surface area contributed by atoms with E-state index in [2.05, 4.69) is 40.5 Å². The molecule has 1 aromatic rings. The number of rotatable bonds is 1. The van der Waals surface area contributed by atoms with Gasteiger partial charge in [-0.2, -0.15) is 0 Å². The molecule has 0 radical (unpaired) electrons. The van der Waals surface area contributed by atoms with Crippen LogP contribution in [0.5, 0.6) is 0 Å². The van der Waals surface area contributed by atoms with Gasteiger partial charge in [0.2, 0.25) is 0 Å². The maximum Gasteiger partial charge on any atom is 0.0455 e. The van der Waals surface area contributed by atoms with E-state index in [1.807, 2.05) is 0 Å². The van der Waals surface area contributed by atoms with Crippen molar-refractivity contribution in [2.45, 2.75) is 12.5 Å². The number of hydrogen-bond donors (Lipinski definition) is 1. The van der Waals surface area contributed by atoms with Crippen molar-refractivity contribution in [3.05, 3.63) is 30.3 Å². The molecule has 2 aliphatic rings. The molecule has 2 nitrogen and oxygen atoms in total. The molecule has 0 amide bonds. The predicted octanol–water partition coefficient (Wildman–Crippen LogP) is 1.48. The zero-order chi connectivity index (χ0) is 9.38. The van der Waals surface area contributed by atoms with Gasteiger partial charge in [0.15, 0.2) is 0 Å². The number of para-hydroxylation sites is 1. The van der Waals surface area contributed by atoms with Crippen molar-refractivity contribution in [2.75, 3.05) is 24.5 Å². The van der Waals surface area contributed by atoms with Gasteiger partial charge in [-0.3, -0.25) is 0 Å². The monoisotopic (exact) mass is 188 g/mol. The number of hydrogen-bond acceptors (Lipinski definition) is 2. The Morgan fingerprint density at radius 2 is 2.00 bits per heavy atom. The molecule has 2 atom stereocenters. The van der Waals surface area contributed by atoms with Crippen molar-refractivity contribution in [1.82, 2.24) is 5.32 Å². The molecular weight excluding hydrogens is 172 g/mol. The van der Waals surface area contributed by atoms with Gasteiger partial charge in [0, 0.05) is 31.4 Å². The standard InChI is InChI=1S/C12H16N2/c1-2-4-11(5-3-1)14-7-6-10-8-13-9-12(10)14/h1-5,10,12-13H,6-9H2/t10-,12+/m1/s1. The molecule has 2 fully saturated rings. The van der Waals surface area contributed by atoms with Crippen LogP contribution in [0.25, 0.3) is 0 Å². The van der Waals surface area contributed by atoms with E-state index in [4.69, 9.17) is 0 Å². The SMILES string of the molecule is c1ccc(N2CC[C@@H]3CNC[C@@H]32)cc1. The second kappa shape index (κ2) is 3.28. The van der Waals surface area contributed by atoms with Crippen LogP contribution in [0.2, 0.25) is 0 Å². The number of benzene rings is 1. The Hall–Kier alpha value is -1.02. The van der Waals surface area contributed by atoms with Crippen molar-refractivity contribution in [1.29, 1.82) is 0 Å². The minimum absolute atomic E-state index is 0.748. The lowest BCUT2D eigenvalue weighted by Gasteiger charge is -2.25. The topological polar surface area (TPSA) is 15.3 Å². The van der Waals surface area contributed by atoms with Crippen LogP contribution in [0.3, 0.4) is 0 Å². The zero-order valence-electron chi connectivity index (χ0n) is 8.32. The van der Waals surface area contributed by atoms with Gasteiger partial charge in [0.1, 0.15) is 0 Å². The minimum Gasteiger partial charge on any atom is -0.367 e. The molecule has 2 aliphatic heterocycles. The van der Waals surface area contributed by atoms with Crippen LogP contribution in [0.15, 0.2) is 30.3 Å². The Balaban J connectivity index is 1.86. The molecule has 2 saturated heterocycles. The van der Waals surface area contributed by atoms with E-state index in [0.29, 0.717) is 0 Å². The summed E-state index contributed by atoms with van der Waals surface area (Å²) in [5.41, 5.74) is 1.39. The van der Waals surface area contributed by atoms with Crippen LogP contribution in [-0.4, -0.2) is 25.7 Å². The summed E-state index contributed by atoms with van der Waals surface area (Å²) in [6.45, 7) is 3.62. The highest BCUT2D eigenvalue weighted by Gasteiger charge is 2.37. The average molecular weight is 188 g/mol. The van der Waals surface area contributed by atoms with E-state index in [0.717, 1.165) is 12.0 Å². The fraction of sp³-hybridized carbons (Fsp3) is 0.500. The Kier molecular flexibility index (Phi) is 1.95. The third kappa shape index (κ3) is 1.22. The van der Waals surface area contributed by atoms with E-state index in [1.165, 1.54) is 31.7 Å². The summed E-state index contributed by atoms with van der Waals surface area (Å²) in [7, 11) is 0. The van der Waals surface area contributed by atoms with Gasteiger partial charge in [-0.05, 0) is 24.5 Å². The first-order valence-electron chi connectivity index (χ1n) is 5.47. The summed E-state index contributed by atoms with van der Waals surface area (Å²) in [6.07, 6.45) is 1.35. The first kappa shape index (κ1) is 8.30. The molecule has 1 aromatic carbocycles. The lowest BCUT2D eigenvalue weighted by Crippen LogP contribution is -2.33. The normalized spacial score (nSPS) is 30.7. The fourth-order valence-corrected chi connectivity index (χ4v) is 2.79. The largest absolute Gasteiger partial charge is 0.367 e. The molecule has 2 heteroatoms. The van der Waals surface area contributed by atoms with Gasteiger partial charge in [0.25, 0.3) is 0 Å². The highest BCUT2D eigenvalue weighted by atomic mass is 15.2. The van der Waals surface area contributed by atoms with Gasteiger partial charge >= 0.3 is 0 Å². The van der Waals surface area contributed by atoms with E-state index in [9.17, 15) is 0 Å². The lowest BCUT2D eigenvalue weighted by atomic mass is 10.1. The summed E-state index contributed by atoms with van der Waals surface area (Å²) in [6, 6.07) is 11.5. The van der Waals surface area contributed by atoms with E-state index in [-0.39, 0.29) is 0 Å². The van der Waals surface area contributed by atoms with Crippen LogP contribution in [-0.2, 0) is 0 Å². The van der Waals surface area contributed by atoms with Crippen LogP contribution in [0.4, 0.5) is 5.69 Å². The third-order valence-corrected chi connectivity index (χ3v) is 3.53. The van der Waals surface area contributed by atoms with Crippen molar-refractivity contribution in [2.24, 2.45) is 5.92 Å².